The lowest BCUT2D eigenvalue weighted by Crippen LogP contribution is -2.29. The van der Waals surface area contributed by atoms with Gasteiger partial charge in [-0.25, -0.2) is 0 Å². The monoisotopic (exact) mass is 175 g/mol. The maximum Gasteiger partial charge on any atom is 0.151 e. The Morgan fingerprint density at radius 2 is 2.08 bits per heavy atom. The Morgan fingerprint density at radius 3 is 2.69 bits per heavy atom. The number of carbonyl (C=O) groups is 1. The summed E-state index contributed by atoms with van der Waals surface area (Å²) in [6, 6.07) is 10.2. The van der Waals surface area contributed by atoms with E-state index in [0.717, 1.165) is 13.0 Å². The molecule has 0 spiro atoms. The van der Waals surface area contributed by atoms with Gasteiger partial charge >= 0.3 is 0 Å². The van der Waals surface area contributed by atoms with Crippen LogP contribution < -0.4 is 5.32 Å². The fraction of sp³-hybridized carbons (Fsp3) is 0.364. The fourth-order valence-corrected chi connectivity index (χ4v) is 1.69. The molecule has 1 aromatic carbocycles. The molecule has 1 N–H and O–H groups in total. The zero-order chi connectivity index (χ0) is 9.10. The van der Waals surface area contributed by atoms with Crippen molar-refractivity contribution < 1.29 is 4.79 Å². The molecule has 0 aliphatic carbocycles. The van der Waals surface area contributed by atoms with Gasteiger partial charge in [-0.1, -0.05) is 30.3 Å². The van der Waals surface area contributed by atoms with Crippen LogP contribution in [0.15, 0.2) is 30.3 Å². The molecule has 1 atom stereocenters. The van der Waals surface area contributed by atoms with Crippen LogP contribution in [-0.4, -0.2) is 18.4 Å². The molecule has 1 saturated heterocycles. The first-order chi connectivity index (χ1) is 6.36. The third kappa shape index (κ3) is 1.95. The molecule has 0 unspecified atom stereocenters. The quantitative estimate of drug-likeness (QED) is 0.730. The summed E-state index contributed by atoms with van der Waals surface area (Å²) in [5.41, 5.74) is 1.23. The lowest BCUT2D eigenvalue weighted by Gasteiger charge is -2.07. The summed E-state index contributed by atoms with van der Waals surface area (Å²) in [6.45, 7) is 0.844. The maximum atomic E-state index is 11.3. The summed E-state index contributed by atoms with van der Waals surface area (Å²) >= 11 is 0. The molecule has 0 saturated carbocycles. The molecule has 1 heterocycles. The molecule has 2 heteroatoms. The second-order valence-electron chi connectivity index (χ2n) is 3.41. The maximum absolute atomic E-state index is 11.3. The standard InChI is InChI=1S/C11H13NO/c13-11-6-7-12-10(11)8-9-4-2-1-3-5-9/h1-5,10,12H,6-8H2/t10-/m1/s1. The van der Waals surface area contributed by atoms with E-state index in [1.165, 1.54) is 5.56 Å². The van der Waals surface area contributed by atoms with Crippen LogP contribution in [0.25, 0.3) is 0 Å². The van der Waals surface area contributed by atoms with Crippen molar-refractivity contribution in [3.05, 3.63) is 35.9 Å². The number of Topliss-reactive ketones (excluding diaryl/α,β-unsaturated/α-hetero) is 1. The molecule has 1 aliphatic heterocycles. The van der Waals surface area contributed by atoms with E-state index in [9.17, 15) is 4.79 Å². The van der Waals surface area contributed by atoms with Gasteiger partial charge in [-0.3, -0.25) is 4.79 Å². The summed E-state index contributed by atoms with van der Waals surface area (Å²) in [5.74, 6) is 0.351. The molecule has 1 aromatic rings. The normalized spacial score (nSPS) is 22.2. The number of ketones is 1. The molecule has 1 aliphatic rings. The molecule has 0 bridgehead atoms. The van der Waals surface area contributed by atoms with Gasteiger partial charge in [0.25, 0.3) is 0 Å². The van der Waals surface area contributed by atoms with Crippen molar-refractivity contribution in [3.8, 4) is 0 Å². The van der Waals surface area contributed by atoms with Crippen molar-refractivity contribution in [1.29, 1.82) is 0 Å². The van der Waals surface area contributed by atoms with Crippen LogP contribution >= 0.6 is 0 Å². The summed E-state index contributed by atoms with van der Waals surface area (Å²) < 4.78 is 0. The number of rotatable bonds is 2. The van der Waals surface area contributed by atoms with Crippen molar-refractivity contribution in [3.63, 3.8) is 0 Å². The third-order valence-corrected chi connectivity index (χ3v) is 2.43. The van der Waals surface area contributed by atoms with Gasteiger partial charge < -0.3 is 5.32 Å². The molecule has 68 valence electrons. The third-order valence-electron chi connectivity index (χ3n) is 2.43. The van der Waals surface area contributed by atoms with Crippen molar-refractivity contribution in [2.24, 2.45) is 0 Å². The van der Waals surface area contributed by atoms with E-state index in [1.807, 2.05) is 18.2 Å². The van der Waals surface area contributed by atoms with Crippen molar-refractivity contribution in [1.82, 2.24) is 5.32 Å². The van der Waals surface area contributed by atoms with E-state index in [-0.39, 0.29) is 6.04 Å². The molecule has 0 aromatic heterocycles. The molecule has 2 rings (SSSR count). The summed E-state index contributed by atoms with van der Waals surface area (Å²) in [6.07, 6.45) is 1.52. The Balaban J connectivity index is 2.02. The number of hydrogen-bond donors (Lipinski definition) is 1. The highest BCUT2D eigenvalue weighted by Gasteiger charge is 2.23. The van der Waals surface area contributed by atoms with E-state index in [4.69, 9.17) is 0 Å². The minimum atomic E-state index is 0.0578. The lowest BCUT2D eigenvalue weighted by atomic mass is 10.0. The van der Waals surface area contributed by atoms with Crippen LogP contribution in [0.5, 0.6) is 0 Å². The minimum absolute atomic E-state index is 0.0578. The summed E-state index contributed by atoms with van der Waals surface area (Å²) in [5, 5.41) is 3.21. The first-order valence-corrected chi connectivity index (χ1v) is 4.66. The van der Waals surface area contributed by atoms with Crippen LogP contribution in [0, 0.1) is 0 Å². The highest BCUT2D eigenvalue weighted by molar-refractivity contribution is 5.86. The zero-order valence-corrected chi connectivity index (χ0v) is 7.49. The van der Waals surface area contributed by atoms with Crippen molar-refractivity contribution in [2.45, 2.75) is 18.9 Å². The van der Waals surface area contributed by atoms with E-state index in [1.54, 1.807) is 0 Å². The number of nitrogens with one attached hydrogen (secondary N) is 1. The van der Waals surface area contributed by atoms with E-state index < -0.39 is 0 Å². The predicted octanol–water partition coefficient (Wildman–Crippen LogP) is 1.16. The smallest absolute Gasteiger partial charge is 0.151 e. The van der Waals surface area contributed by atoms with Crippen molar-refractivity contribution in [2.75, 3.05) is 6.54 Å². The first-order valence-electron chi connectivity index (χ1n) is 4.66. The molecule has 0 amide bonds. The SMILES string of the molecule is O=C1CCN[C@@H]1Cc1ccccc1. The van der Waals surface area contributed by atoms with Crippen LogP contribution in [0.4, 0.5) is 0 Å². The van der Waals surface area contributed by atoms with Gasteiger partial charge in [0.1, 0.15) is 0 Å². The topological polar surface area (TPSA) is 29.1 Å². The Hall–Kier alpha value is -1.15. The molecular weight excluding hydrogens is 162 g/mol. The lowest BCUT2D eigenvalue weighted by molar-refractivity contribution is -0.118. The largest absolute Gasteiger partial charge is 0.307 e. The van der Waals surface area contributed by atoms with E-state index in [0.29, 0.717) is 12.2 Å². The first kappa shape index (κ1) is 8.45. The Labute approximate surface area is 78.0 Å². The molecule has 2 nitrogen and oxygen atoms in total. The number of benzene rings is 1. The van der Waals surface area contributed by atoms with Crippen LogP contribution in [0.2, 0.25) is 0 Å². The van der Waals surface area contributed by atoms with Gasteiger partial charge in [0.05, 0.1) is 6.04 Å². The average Bonchev–Trinajstić information content (AvgIpc) is 2.54. The van der Waals surface area contributed by atoms with Crippen LogP contribution in [-0.2, 0) is 11.2 Å². The molecular formula is C11H13NO. The van der Waals surface area contributed by atoms with Crippen LogP contribution in [0.3, 0.4) is 0 Å². The van der Waals surface area contributed by atoms with Gasteiger partial charge in [-0.15, -0.1) is 0 Å². The summed E-state index contributed by atoms with van der Waals surface area (Å²) in [7, 11) is 0. The van der Waals surface area contributed by atoms with Crippen LogP contribution in [0.1, 0.15) is 12.0 Å². The van der Waals surface area contributed by atoms with Gasteiger partial charge in [0.2, 0.25) is 0 Å². The molecule has 13 heavy (non-hydrogen) atoms. The Bertz CT molecular complexity index is 294. The van der Waals surface area contributed by atoms with Gasteiger partial charge in [-0.05, 0) is 12.0 Å². The Morgan fingerprint density at radius 1 is 1.31 bits per heavy atom. The number of carbonyl (C=O) groups excluding carboxylic acids is 1. The number of hydrogen-bond acceptors (Lipinski definition) is 2. The highest BCUT2D eigenvalue weighted by Crippen LogP contribution is 2.08. The van der Waals surface area contributed by atoms with E-state index in [2.05, 4.69) is 17.4 Å². The fourth-order valence-electron chi connectivity index (χ4n) is 1.69. The van der Waals surface area contributed by atoms with Crippen molar-refractivity contribution >= 4 is 5.78 Å². The Kier molecular flexibility index (Phi) is 2.41. The van der Waals surface area contributed by atoms with Gasteiger partial charge in [0, 0.05) is 13.0 Å². The van der Waals surface area contributed by atoms with Gasteiger partial charge in [-0.2, -0.15) is 0 Å². The molecule has 0 radical (unpaired) electrons. The predicted molar refractivity (Wildman–Crippen MR) is 51.6 cm³/mol. The highest BCUT2D eigenvalue weighted by atomic mass is 16.1. The average molecular weight is 175 g/mol. The second-order valence-corrected chi connectivity index (χ2v) is 3.41. The molecule has 1 fully saturated rings. The van der Waals surface area contributed by atoms with E-state index >= 15 is 0 Å². The summed E-state index contributed by atoms with van der Waals surface area (Å²) in [4.78, 5) is 11.3. The zero-order valence-electron chi connectivity index (χ0n) is 7.49. The second kappa shape index (κ2) is 3.71. The minimum Gasteiger partial charge on any atom is -0.307 e. The van der Waals surface area contributed by atoms with Gasteiger partial charge in [0.15, 0.2) is 5.78 Å².